The van der Waals surface area contributed by atoms with Gasteiger partial charge in [-0.25, -0.2) is 4.39 Å². The first-order chi connectivity index (χ1) is 12.4. The smallest absolute Gasteiger partial charge is 0.288 e. The van der Waals surface area contributed by atoms with Crippen LogP contribution in [0, 0.1) is 11.7 Å². The van der Waals surface area contributed by atoms with Crippen LogP contribution < -0.4 is 16.2 Å². The van der Waals surface area contributed by atoms with E-state index in [4.69, 9.17) is 0 Å². The molecule has 0 spiro atoms. The highest BCUT2D eigenvalue weighted by Crippen LogP contribution is 2.06. The summed E-state index contributed by atoms with van der Waals surface area (Å²) in [4.78, 5) is 40.3. The van der Waals surface area contributed by atoms with Crippen molar-refractivity contribution in [3.63, 3.8) is 0 Å². The Bertz CT molecular complexity index is 779. The number of aromatic nitrogens is 1. The first-order valence-electron chi connectivity index (χ1n) is 7.96. The Morgan fingerprint density at radius 2 is 1.65 bits per heavy atom. The van der Waals surface area contributed by atoms with Gasteiger partial charge in [0.25, 0.3) is 17.7 Å². The normalized spacial score (nSPS) is 11.5. The number of hydrogen-bond acceptors (Lipinski definition) is 4. The van der Waals surface area contributed by atoms with E-state index in [0.29, 0.717) is 0 Å². The average molecular weight is 358 g/mol. The predicted molar refractivity (Wildman–Crippen MR) is 92.3 cm³/mol. The summed E-state index contributed by atoms with van der Waals surface area (Å²) in [6.45, 7) is 3.49. The summed E-state index contributed by atoms with van der Waals surface area (Å²) in [7, 11) is 0. The molecule has 8 heteroatoms. The van der Waals surface area contributed by atoms with E-state index >= 15 is 0 Å². The van der Waals surface area contributed by atoms with Gasteiger partial charge in [-0.15, -0.1) is 0 Å². The highest BCUT2D eigenvalue weighted by molar-refractivity contribution is 5.98. The zero-order valence-corrected chi connectivity index (χ0v) is 14.3. The molecule has 0 aliphatic heterocycles. The molecule has 7 nitrogen and oxygen atoms in total. The lowest BCUT2D eigenvalue weighted by Crippen LogP contribution is -2.54. The van der Waals surface area contributed by atoms with Crippen molar-refractivity contribution in [1.29, 1.82) is 0 Å². The van der Waals surface area contributed by atoms with E-state index in [2.05, 4.69) is 21.2 Å². The molecule has 0 saturated heterocycles. The highest BCUT2D eigenvalue weighted by atomic mass is 19.1. The Labute approximate surface area is 150 Å². The van der Waals surface area contributed by atoms with E-state index < -0.39 is 29.6 Å². The number of pyridine rings is 1. The molecule has 1 aromatic carbocycles. The maximum atomic E-state index is 12.9. The number of benzene rings is 1. The van der Waals surface area contributed by atoms with Gasteiger partial charge in [-0.1, -0.05) is 19.9 Å². The Kier molecular flexibility index (Phi) is 6.37. The predicted octanol–water partition coefficient (Wildman–Crippen LogP) is 1.44. The first kappa shape index (κ1) is 19.0. The summed E-state index contributed by atoms with van der Waals surface area (Å²) in [5, 5.41) is 2.58. The van der Waals surface area contributed by atoms with Gasteiger partial charge < -0.3 is 5.32 Å². The molecule has 26 heavy (non-hydrogen) atoms. The van der Waals surface area contributed by atoms with Crippen LogP contribution in [0.5, 0.6) is 0 Å². The van der Waals surface area contributed by atoms with E-state index in [-0.39, 0.29) is 17.2 Å². The van der Waals surface area contributed by atoms with E-state index in [1.54, 1.807) is 26.0 Å². The molecule has 0 aliphatic carbocycles. The van der Waals surface area contributed by atoms with E-state index in [0.717, 1.165) is 12.1 Å². The Balaban J connectivity index is 1.97. The average Bonchev–Trinajstić information content (AvgIpc) is 2.64. The maximum Gasteiger partial charge on any atom is 0.288 e. The van der Waals surface area contributed by atoms with Crippen LogP contribution in [0.2, 0.25) is 0 Å². The minimum atomic E-state index is -0.892. The quantitative estimate of drug-likeness (QED) is 0.704. The van der Waals surface area contributed by atoms with Gasteiger partial charge in [0.15, 0.2) is 0 Å². The Hall–Kier alpha value is -3.29. The number of rotatable bonds is 5. The van der Waals surface area contributed by atoms with Crippen LogP contribution >= 0.6 is 0 Å². The van der Waals surface area contributed by atoms with Gasteiger partial charge in [-0.3, -0.25) is 30.2 Å². The highest BCUT2D eigenvalue weighted by Gasteiger charge is 2.25. The number of amides is 3. The van der Waals surface area contributed by atoms with Crippen LogP contribution in [0.1, 0.15) is 34.7 Å². The van der Waals surface area contributed by atoms with Gasteiger partial charge in [0.2, 0.25) is 0 Å². The fraction of sp³-hybridized carbons (Fsp3) is 0.222. The van der Waals surface area contributed by atoms with Crippen molar-refractivity contribution in [3.8, 4) is 0 Å². The molecule has 0 saturated carbocycles. The van der Waals surface area contributed by atoms with Crippen molar-refractivity contribution in [3.05, 3.63) is 65.7 Å². The summed E-state index contributed by atoms with van der Waals surface area (Å²) in [5.41, 5.74) is 4.90. The third-order valence-corrected chi connectivity index (χ3v) is 3.54. The zero-order valence-electron chi connectivity index (χ0n) is 14.3. The second kappa shape index (κ2) is 8.70. The fourth-order valence-electron chi connectivity index (χ4n) is 2.12. The molecule has 1 atom stereocenters. The summed E-state index contributed by atoms with van der Waals surface area (Å²) in [5.74, 6) is -2.39. The number of carbonyl (C=O) groups is 3. The Morgan fingerprint density at radius 1 is 0.962 bits per heavy atom. The molecule has 0 fully saturated rings. The minimum Gasteiger partial charge on any atom is -0.340 e. The van der Waals surface area contributed by atoms with Gasteiger partial charge >= 0.3 is 0 Å². The van der Waals surface area contributed by atoms with Crippen molar-refractivity contribution < 1.29 is 18.8 Å². The van der Waals surface area contributed by atoms with Crippen LogP contribution in [0.3, 0.4) is 0 Å². The lowest BCUT2D eigenvalue weighted by Gasteiger charge is -2.21. The molecule has 3 N–H and O–H groups in total. The van der Waals surface area contributed by atoms with Crippen LogP contribution in [0.4, 0.5) is 4.39 Å². The summed E-state index contributed by atoms with van der Waals surface area (Å²) >= 11 is 0. The fourth-order valence-corrected chi connectivity index (χ4v) is 2.12. The number of hydrogen-bond donors (Lipinski definition) is 3. The molecular weight excluding hydrogens is 339 g/mol. The van der Waals surface area contributed by atoms with Gasteiger partial charge in [-0.05, 0) is 42.3 Å². The van der Waals surface area contributed by atoms with Crippen LogP contribution in [-0.4, -0.2) is 28.7 Å². The number of halogens is 1. The Morgan fingerprint density at radius 3 is 2.23 bits per heavy atom. The molecule has 2 aromatic rings. The molecule has 0 aliphatic rings. The monoisotopic (exact) mass is 358 g/mol. The van der Waals surface area contributed by atoms with E-state index in [1.165, 1.54) is 24.4 Å². The molecule has 136 valence electrons. The van der Waals surface area contributed by atoms with Gasteiger partial charge in [0.1, 0.15) is 17.6 Å². The number of carbonyl (C=O) groups excluding carboxylic acids is 3. The molecule has 1 heterocycles. The molecule has 3 amide bonds. The molecule has 1 aromatic heterocycles. The third-order valence-electron chi connectivity index (χ3n) is 3.54. The van der Waals surface area contributed by atoms with Crippen LogP contribution in [-0.2, 0) is 4.79 Å². The standard InChI is InChI=1S/C18H19FN4O3/c1-11(2)15(21-16(24)12-6-8-13(19)9-7-12)18(26)23-22-17(25)14-5-3-4-10-20-14/h3-11,15H,1-2H3,(H,21,24)(H,22,25)(H,23,26)/t15-/m0/s1. The summed E-state index contributed by atoms with van der Waals surface area (Å²) < 4.78 is 12.9. The van der Waals surface area contributed by atoms with Crippen LogP contribution in [0.25, 0.3) is 0 Å². The van der Waals surface area contributed by atoms with Gasteiger partial charge in [0.05, 0.1) is 0 Å². The maximum absolute atomic E-state index is 12.9. The second-order valence-electron chi connectivity index (χ2n) is 5.86. The molecule has 0 bridgehead atoms. The van der Waals surface area contributed by atoms with Crippen molar-refractivity contribution in [1.82, 2.24) is 21.2 Å². The zero-order chi connectivity index (χ0) is 19.1. The number of hydrazine groups is 1. The molecule has 0 radical (unpaired) electrons. The number of nitrogens with zero attached hydrogens (tertiary/aromatic N) is 1. The number of nitrogens with one attached hydrogen (secondary N) is 3. The van der Waals surface area contributed by atoms with E-state index in [1.807, 2.05) is 0 Å². The lowest BCUT2D eigenvalue weighted by atomic mass is 10.0. The van der Waals surface area contributed by atoms with Crippen molar-refractivity contribution in [2.45, 2.75) is 19.9 Å². The van der Waals surface area contributed by atoms with Crippen molar-refractivity contribution in [2.75, 3.05) is 0 Å². The summed E-state index contributed by atoms with van der Waals surface area (Å²) in [6, 6.07) is 8.87. The topological polar surface area (TPSA) is 100 Å². The SMILES string of the molecule is CC(C)[C@H](NC(=O)c1ccc(F)cc1)C(=O)NNC(=O)c1ccccn1. The first-order valence-corrected chi connectivity index (χ1v) is 7.96. The van der Waals surface area contributed by atoms with Crippen molar-refractivity contribution in [2.24, 2.45) is 5.92 Å². The summed E-state index contributed by atoms with van der Waals surface area (Å²) in [6.07, 6.45) is 1.45. The minimum absolute atomic E-state index is 0.143. The van der Waals surface area contributed by atoms with Gasteiger partial charge in [0, 0.05) is 11.8 Å². The van der Waals surface area contributed by atoms with E-state index in [9.17, 15) is 18.8 Å². The second-order valence-corrected chi connectivity index (χ2v) is 5.86. The lowest BCUT2D eigenvalue weighted by molar-refractivity contribution is -0.124. The third kappa shape index (κ3) is 5.10. The molecular formula is C18H19FN4O3. The molecule has 0 unspecified atom stereocenters. The van der Waals surface area contributed by atoms with Crippen LogP contribution in [0.15, 0.2) is 48.7 Å². The largest absolute Gasteiger partial charge is 0.340 e. The molecule has 2 rings (SSSR count). The van der Waals surface area contributed by atoms with Crippen molar-refractivity contribution >= 4 is 17.7 Å². The van der Waals surface area contributed by atoms with Gasteiger partial charge in [-0.2, -0.15) is 0 Å².